The van der Waals surface area contributed by atoms with E-state index in [1.54, 1.807) is 12.1 Å². The predicted molar refractivity (Wildman–Crippen MR) is 83.7 cm³/mol. The molecule has 1 unspecified atom stereocenters. The molecule has 1 atom stereocenters. The van der Waals surface area contributed by atoms with Crippen LogP contribution in [0.25, 0.3) is 11.4 Å². The van der Waals surface area contributed by atoms with Crippen molar-refractivity contribution in [3.63, 3.8) is 0 Å². The van der Waals surface area contributed by atoms with Gasteiger partial charge in [0.05, 0.1) is 11.5 Å². The zero-order valence-corrected chi connectivity index (χ0v) is 12.5. The van der Waals surface area contributed by atoms with Crippen LogP contribution >= 0.6 is 0 Å². The van der Waals surface area contributed by atoms with Crippen LogP contribution in [0.5, 0.6) is 0 Å². The van der Waals surface area contributed by atoms with Crippen molar-refractivity contribution in [2.75, 3.05) is 11.9 Å². The number of rotatable bonds is 6. The highest BCUT2D eigenvalue weighted by Crippen LogP contribution is 2.21. The molecule has 0 saturated heterocycles. The molecule has 0 spiro atoms. The largest absolute Gasteiger partial charge is 0.394 e. The van der Waals surface area contributed by atoms with Crippen LogP contribution in [0.3, 0.4) is 0 Å². The smallest absolute Gasteiger partial charge is 0.269 e. The summed E-state index contributed by atoms with van der Waals surface area (Å²) >= 11 is 0. The van der Waals surface area contributed by atoms with E-state index < -0.39 is 4.92 Å². The minimum atomic E-state index is -0.441. The van der Waals surface area contributed by atoms with Crippen LogP contribution in [-0.2, 0) is 6.42 Å². The highest BCUT2D eigenvalue weighted by molar-refractivity contribution is 5.59. The lowest BCUT2D eigenvalue weighted by atomic mass is 10.2. The summed E-state index contributed by atoms with van der Waals surface area (Å²) in [6, 6.07) is 7.84. The van der Waals surface area contributed by atoms with Gasteiger partial charge in [-0.3, -0.25) is 10.1 Å². The molecule has 116 valence electrons. The maximum atomic E-state index is 10.7. The summed E-state index contributed by atoms with van der Waals surface area (Å²) in [5.41, 5.74) is 1.60. The minimum absolute atomic E-state index is 0.00166. The van der Waals surface area contributed by atoms with Crippen molar-refractivity contribution in [1.29, 1.82) is 0 Å². The molecule has 0 fully saturated rings. The molecule has 0 aliphatic rings. The number of aromatic nitrogens is 2. The van der Waals surface area contributed by atoms with Gasteiger partial charge in [0.15, 0.2) is 5.82 Å². The van der Waals surface area contributed by atoms with Crippen LogP contribution in [0.2, 0.25) is 0 Å². The highest BCUT2D eigenvalue weighted by atomic mass is 16.6. The lowest BCUT2D eigenvalue weighted by molar-refractivity contribution is -0.384. The van der Waals surface area contributed by atoms with Crippen molar-refractivity contribution in [1.82, 2.24) is 9.97 Å². The van der Waals surface area contributed by atoms with Gasteiger partial charge in [-0.05, 0) is 25.5 Å². The van der Waals surface area contributed by atoms with E-state index in [4.69, 9.17) is 5.11 Å². The Balaban J connectivity index is 2.36. The summed E-state index contributed by atoms with van der Waals surface area (Å²) in [6.07, 6.45) is 0.741. The summed E-state index contributed by atoms with van der Waals surface area (Å²) in [5.74, 6) is 1.13. The molecule has 22 heavy (non-hydrogen) atoms. The Kier molecular flexibility index (Phi) is 5.00. The standard InChI is InChI=1S/C15H18N4O3/c1-3-12-8-14(16-10(2)9-20)18-15(17-12)11-4-6-13(7-5-11)19(21)22/h4-8,10,20H,3,9H2,1-2H3,(H,16,17,18). The minimum Gasteiger partial charge on any atom is -0.394 e. The van der Waals surface area contributed by atoms with E-state index in [1.165, 1.54) is 12.1 Å². The second-order valence-corrected chi connectivity index (χ2v) is 4.95. The van der Waals surface area contributed by atoms with Crippen LogP contribution in [0.15, 0.2) is 30.3 Å². The van der Waals surface area contributed by atoms with Crippen molar-refractivity contribution in [3.8, 4) is 11.4 Å². The average molecular weight is 302 g/mol. The molecule has 1 heterocycles. The van der Waals surface area contributed by atoms with Gasteiger partial charge in [0.25, 0.3) is 5.69 Å². The molecule has 0 amide bonds. The first-order chi connectivity index (χ1) is 10.5. The summed E-state index contributed by atoms with van der Waals surface area (Å²) in [4.78, 5) is 19.1. The zero-order chi connectivity index (χ0) is 16.1. The van der Waals surface area contributed by atoms with E-state index in [-0.39, 0.29) is 18.3 Å². The Hall–Kier alpha value is -2.54. The average Bonchev–Trinajstić information content (AvgIpc) is 2.54. The van der Waals surface area contributed by atoms with Crippen molar-refractivity contribution in [2.45, 2.75) is 26.3 Å². The fourth-order valence-electron chi connectivity index (χ4n) is 1.91. The number of aliphatic hydroxyl groups excluding tert-OH is 1. The Bertz CT molecular complexity index is 658. The van der Waals surface area contributed by atoms with Crippen LogP contribution < -0.4 is 5.32 Å². The monoisotopic (exact) mass is 302 g/mol. The molecule has 0 saturated carbocycles. The summed E-state index contributed by atoms with van der Waals surface area (Å²) in [5, 5.41) is 22.9. The topological polar surface area (TPSA) is 101 Å². The van der Waals surface area contributed by atoms with Gasteiger partial charge in [0.1, 0.15) is 5.82 Å². The molecule has 0 radical (unpaired) electrons. The van der Waals surface area contributed by atoms with Crippen LogP contribution in [0, 0.1) is 10.1 Å². The van der Waals surface area contributed by atoms with Crippen molar-refractivity contribution in [3.05, 3.63) is 46.1 Å². The maximum absolute atomic E-state index is 10.7. The van der Waals surface area contributed by atoms with Gasteiger partial charge >= 0.3 is 0 Å². The number of hydrogen-bond acceptors (Lipinski definition) is 6. The number of non-ortho nitro benzene ring substituents is 1. The zero-order valence-electron chi connectivity index (χ0n) is 12.5. The molecule has 7 nitrogen and oxygen atoms in total. The summed E-state index contributed by atoms with van der Waals surface area (Å²) in [7, 11) is 0. The van der Waals surface area contributed by atoms with Gasteiger partial charge in [0.2, 0.25) is 0 Å². The van der Waals surface area contributed by atoms with Crippen LogP contribution in [-0.4, -0.2) is 32.6 Å². The van der Waals surface area contributed by atoms with Crippen LogP contribution in [0.1, 0.15) is 19.5 Å². The molecule has 0 aliphatic heterocycles. The van der Waals surface area contributed by atoms with Gasteiger partial charge in [-0.1, -0.05) is 6.92 Å². The molecular formula is C15H18N4O3. The second-order valence-electron chi connectivity index (χ2n) is 4.95. The van der Waals surface area contributed by atoms with E-state index in [0.717, 1.165) is 12.1 Å². The number of anilines is 1. The third-order valence-electron chi connectivity index (χ3n) is 3.15. The number of nitro groups is 1. The van der Waals surface area contributed by atoms with Gasteiger partial charge in [-0.15, -0.1) is 0 Å². The first-order valence-electron chi connectivity index (χ1n) is 7.03. The normalized spacial score (nSPS) is 12.0. The quantitative estimate of drug-likeness (QED) is 0.627. The molecule has 2 aromatic rings. The van der Waals surface area contributed by atoms with Crippen molar-refractivity contribution < 1.29 is 10.0 Å². The van der Waals surface area contributed by atoms with Gasteiger partial charge in [-0.2, -0.15) is 0 Å². The summed E-state index contributed by atoms with van der Waals surface area (Å²) < 4.78 is 0. The lowest BCUT2D eigenvalue weighted by Gasteiger charge is -2.13. The fourth-order valence-corrected chi connectivity index (χ4v) is 1.91. The number of aryl methyl sites for hydroxylation is 1. The number of nitrogens with zero attached hydrogens (tertiary/aromatic N) is 3. The molecule has 7 heteroatoms. The molecule has 0 bridgehead atoms. The molecule has 0 aliphatic carbocycles. The predicted octanol–water partition coefficient (Wildman–Crippen LogP) is 2.41. The number of nitrogens with one attached hydrogen (secondary N) is 1. The highest BCUT2D eigenvalue weighted by Gasteiger charge is 2.10. The Morgan fingerprint density at radius 3 is 2.55 bits per heavy atom. The van der Waals surface area contributed by atoms with E-state index in [1.807, 2.05) is 19.9 Å². The fraction of sp³-hybridized carbons (Fsp3) is 0.333. The molecule has 1 aromatic heterocycles. The SMILES string of the molecule is CCc1cc(NC(C)CO)nc(-c2ccc([N+](=O)[O-])cc2)n1. The molecule has 2 rings (SSSR count). The van der Waals surface area contributed by atoms with E-state index in [0.29, 0.717) is 17.2 Å². The maximum Gasteiger partial charge on any atom is 0.269 e. The lowest BCUT2D eigenvalue weighted by Crippen LogP contribution is -2.20. The van der Waals surface area contributed by atoms with E-state index in [2.05, 4.69) is 15.3 Å². The van der Waals surface area contributed by atoms with E-state index >= 15 is 0 Å². The first kappa shape index (κ1) is 15.8. The van der Waals surface area contributed by atoms with E-state index in [9.17, 15) is 10.1 Å². The first-order valence-corrected chi connectivity index (χ1v) is 7.03. The molecule has 2 N–H and O–H groups in total. The Morgan fingerprint density at radius 1 is 1.32 bits per heavy atom. The molecule has 1 aromatic carbocycles. The van der Waals surface area contributed by atoms with Gasteiger partial charge < -0.3 is 10.4 Å². The van der Waals surface area contributed by atoms with Crippen molar-refractivity contribution in [2.24, 2.45) is 0 Å². The van der Waals surface area contributed by atoms with Gasteiger partial charge in [0, 0.05) is 35.5 Å². The second kappa shape index (κ2) is 6.95. The number of nitro benzene ring substituents is 1. The number of hydrogen-bond donors (Lipinski definition) is 2. The Labute approximate surface area is 128 Å². The number of aliphatic hydroxyl groups is 1. The van der Waals surface area contributed by atoms with Crippen LogP contribution in [0.4, 0.5) is 11.5 Å². The van der Waals surface area contributed by atoms with Gasteiger partial charge in [-0.25, -0.2) is 9.97 Å². The Morgan fingerprint density at radius 2 is 2.00 bits per heavy atom. The summed E-state index contributed by atoms with van der Waals surface area (Å²) in [6.45, 7) is 3.83. The number of benzene rings is 1. The van der Waals surface area contributed by atoms with Crippen molar-refractivity contribution >= 4 is 11.5 Å². The third-order valence-corrected chi connectivity index (χ3v) is 3.15. The molecular weight excluding hydrogens is 284 g/mol. The third kappa shape index (κ3) is 3.76.